The van der Waals surface area contributed by atoms with Crippen LogP contribution in [0.5, 0.6) is 0 Å². The zero-order chi connectivity index (χ0) is 9.97. The molecular weight excluding hydrogens is 197 g/mol. The van der Waals surface area contributed by atoms with Gasteiger partial charge < -0.3 is 5.73 Å². The summed E-state index contributed by atoms with van der Waals surface area (Å²) in [5, 5.41) is 2.03. The summed E-state index contributed by atoms with van der Waals surface area (Å²) in [5.41, 5.74) is 7.67. The Balaban J connectivity index is 2.34. The lowest BCUT2D eigenvalue weighted by molar-refractivity contribution is 0.628. The van der Waals surface area contributed by atoms with Crippen LogP contribution < -0.4 is 5.73 Å². The summed E-state index contributed by atoms with van der Waals surface area (Å²) in [7, 11) is 0. The fourth-order valence-corrected chi connectivity index (χ4v) is 2.18. The molecule has 0 spiro atoms. The van der Waals surface area contributed by atoms with Gasteiger partial charge in [0.05, 0.1) is 0 Å². The van der Waals surface area contributed by atoms with Gasteiger partial charge in [-0.05, 0) is 34.7 Å². The molecule has 3 heteroatoms. The Hall–Kier alpha value is -1.19. The van der Waals surface area contributed by atoms with E-state index in [1.54, 1.807) is 23.5 Å². The summed E-state index contributed by atoms with van der Waals surface area (Å²) in [6, 6.07) is 8.54. The van der Waals surface area contributed by atoms with E-state index in [9.17, 15) is 4.39 Å². The average Bonchev–Trinajstić information content (AvgIpc) is 2.67. The highest BCUT2D eigenvalue weighted by Crippen LogP contribution is 2.26. The topological polar surface area (TPSA) is 26.0 Å². The summed E-state index contributed by atoms with van der Waals surface area (Å²) in [6.45, 7) is 0.553. The van der Waals surface area contributed by atoms with Crippen molar-refractivity contribution in [1.29, 1.82) is 0 Å². The number of halogens is 1. The lowest BCUT2D eigenvalue weighted by Crippen LogP contribution is -1.92. The maximum atomic E-state index is 12.7. The van der Waals surface area contributed by atoms with Crippen LogP contribution in [0.15, 0.2) is 35.7 Å². The summed E-state index contributed by atoms with van der Waals surface area (Å²) < 4.78 is 12.7. The molecule has 2 N–H and O–H groups in total. The third-order valence-electron chi connectivity index (χ3n) is 2.02. The molecule has 1 nitrogen and oxygen atoms in total. The van der Waals surface area contributed by atoms with Crippen LogP contribution in [0.2, 0.25) is 0 Å². The fourth-order valence-electron chi connectivity index (χ4n) is 1.25. The maximum Gasteiger partial charge on any atom is 0.123 e. The molecule has 0 saturated heterocycles. The second kappa shape index (κ2) is 3.90. The van der Waals surface area contributed by atoms with Crippen molar-refractivity contribution in [1.82, 2.24) is 0 Å². The molecule has 1 aromatic carbocycles. The molecule has 0 radical (unpaired) electrons. The van der Waals surface area contributed by atoms with E-state index in [2.05, 4.69) is 0 Å². The number of thiophene rings is 1. The highest BCUT2D eigenvalue weighted by atomic mass is 32.1. The first kappa shape index (κ1) is 9.37. The Kier molecular flexibility index (Phi) is 2.61. The predicted octanol–water partition coefficient (Wildman–Crippen LogP) is 3.01. The minimum absolute atomic E-state index is 0.204. The van der Waals surface area contributed by atoms with Crippen LogP contribution in [0, 0.1) is 5.82 Å². The van der Waals surface area contributed by atoms with Crippen LogP contribution in [0.3, 0.4) is 0 Å². The zero-order valence-electron chi connectivity index (χ0n) is 7.53. The summed E-state index contributed by atoms with van der Waals surface area (Å²) in [4.78, 5) is 1.13. The second-order valence-electron chi connectivity index (χ2n) is 3.03. The standard InChI is InChI=1S/C11H10FNS/c12-10-3-1-9(2-4-10)11-5-8(6-13)7-14-11/h1-5,7H,6,13H2. The van der Waals surface area contributed by atoms with Crippen LogP contribution in [-0.4, -0.2) is 0 Å². The van der Waals surface area contributed by atoms with Crippen LogP contribution in [0.25, 0.3) is 10.4 Å². The van der Waals surface area contributed by atoms with Crippen molar-refractivity contribution in [3.05, 3.63) is 47.1 Å². The van der Waals surface area contributed by atoms with Crippen molar-refractivity contribution in [3.63, 3.8) is 0 Å². The van der Waals surface area contributed by atoms with Gasteiger partial charge in [0, 0.05) is 11.4 Å². The molecule has 0 aliphatic carbocycles. The lowest BCUT2D eigenvalue weighted by Gasteiger charge is -1.95. The van der Waals surface area contributed by atoms with Crippen molar-refractivity contribution >= 4 is 11.3 Å². The molecule has 1 heterocycles. The molecule has 0 saturated carbocycles. The third kappa shape index (κ3) is 1.84. The Labute approximate surface area is 86.0 Å². The minimum atomic E-state index is -0.204. The maximum absolute atomic E-state index is 12.7. The summed E-state index contributed by atoms with van der Waals surface area (Å²) in [5.74, 6) is -0.204. The van der Waals surface area contributed by atoms with Gasteiger partial charge in [-0.3, -0.25) is 0 Å². The Morgan fingerprint density at radius 3 is 2.50 bits per heavy atom. The number of hydrogen-bond donors (Lipinski definition) is 1. The Morgan fingerprint density at radius 1 is 1.21 bits per heavy atom. The van der Waals surface area contributed by atoms with Gasteiger partial charge in [0.2, 0.25) is 0 Å². The first-order valence-corrected chi connectivity index (χ1v) is 5.21. The molecule has 2 rings (SSSR count). The number of rotatable bonds is 2. The molecule has 1 aromatic heterocycles. The number of nitrogens with two attached hydrogens (primary N) is 1. The number of benzene rings is 1. The largest absolute Gasteiger partial charge is 0.326 e. The van der Waals surface area contributed by atoms with E-state index in [1.165, 1.54) is 12.1 Å². The van der Waals surface area contributed by atoms with Gasteiger partial charge in [-0.2, -0.15) is 0 Å². The predicted molar refractivity (Wildman–Crippen MR) is 57.6 cm³/mol. The van der Waals surface area contributed by atoms with E-state index < -0.39 is 0 Å². The van der Waals surface area contributed by atoms with E-state index in [1.807, 2.05) is 11.4 Å². The molecule has 72 valence electrons. The van der Waals surface area contributed by atoms with Gasteiger partial charge in [-0.25, -0.2) is 4.39 Å². The van der Waals surface area contributed by atoms with Crippen molar-refractivity contribution < 1.29 is 4.39 Å². The van der Waals surface area contributed by atoms with Crippen molar-refractivity contribution in [2.24, 2.45) is 5.73 Å². The Bertz CT molecular complexity index is 419. The highest BCUT2D eigenvalue weighted by Gasteiger charge is 2.01. The van der Waals surface area contributed by atoms with E-state index in [-0.39, 0.29) is 5.82 Å². The minimum Gasteiger partial charge on any atom is -0.326 e. The van der Waals surface area contributed by atoms with Crippen molar-refractivity contribution in [2.75, 3.05) is 0 Å². The van der Waals surface area contributed by atoms with E-state index in [0.29, 0.717) is 6.54 Å². The van der Waals surface area contributed by atoms with E-state index >= 15 is 0 Å². The SMILES string of the molecule is NCc1csc(-c2ccc(F)cc2)c1. The van der Waals surface area contributed by atoms with Gasteiger partial charge in [-0.15, -0.1) is 11.3 Å². The molecule has 0 fully saturated rings. The molecular formula is C11H10FNS. The normalized spacial score (nSPS) is 10.4. The number of hydrogen-bond acceptors (Lipinski definition) is 2. The van der Waals surface area contributed by atoms with Gasteiger partial charge in [0.1, 0.15) is 5.82 Å². The Morgan fingerprint density at radius 2 is 1.93 bits per heavy atom. The highest BCUT2D eigenvalue weighted by molar-refractivity contribution is 7.13. The molecule has 2 aromatic rings. The van der Waals surface area contributed by atoms with Crippen molar-refractivity contribution in [3.8, 4) is 10.4 Å². The molecule has 0 aliphatic heterocycles. The molecule has 0 amide bonds. The fraction of sp³-hybridized carbons (Fsp3) is 0.0909. The quantitative estimate of drug-likeness (QED) is 0.804. The zero-order valence-corrected chi connectivity index (χ0v) is 8.35. The van der Waals surface area contributed by atoms with Crippen LogP contribution >= 0.6 is 11.3 Å². The van der Waals surface area contributed by atoms with Crippen LogP contribution in [-0.2, 0) is 6.54 Å². The average molecular weight is 207 g/mol. The van der Waals surface area contributed by atoms with Crippen LogP contribution in [0.1, 0.15) is 5.56 Å². The second-order valence-corrected chi connectivity index (χ2v) is 3.94. The lowest BCUT2D eigenvalue weighted by atomic mass is 10.1. The van der Waals surface area contributed by atoms with Gasteiger partial charge in [0.25, 0.3) is 0 Å². The molecule has 0 bridgehead atoms. The summed E-state index contributed by atoms with van der Waals surface area (Å²) >= 11 is 1.63. The van der Waals surface area contributed by atoms with E-state index in [0.717, 1.165) is 16.0 Å². The molecule has 0 atom stereocenters. The van der Waals surface area contributed by atoms with Crippen molar-refractivity contribution in [2.45, 2.75) is 6.54 Å². The molecule has 0 aliphatic rings. The molecule has 0 unspecified atom stereocenters. The monoisotopic (exact) mass is 207 g/mol. The summed E-state index contributed by atoms with van der Waals surface area (Å²) in [6.07, 6.45) is 0. The van der Waals surface area contributed by atoms with Gasteiger partial charge >= 0.3 is 0 Å². The van der Waals surface area contributed by atoms with Gasteiger partial charge in [-0.1, -0.05) is 12.1 Å². The first-order valence-electron chi connectivity index (χ1n) is 4.33. The molecule has 14 heavy (non-hydrogen) atoms. The van der Waals surface area contributed by atoms with Gasteiger partial charge in [0.15, 0.2) is 0 Å². The van der Waals surface area contributed by atoms with Crippen LogP contribution in [0.4, 0.5) is 4.39 Å². The smallest absolute Gasteiger partial charge is 0.123 e. The van der Waals surface area contributed by atoms with E-state index in [4.69, 9.17) is 5.73 Å². The first-order chi connectivity index (χ1) is 6.79. The third-order valence-corrected chi connectivity index (χ3v) is 3.05.